The molecule has 0 aliphatic heterocycles. The molecule has 0 radical (unpaired) electrons. The average Bonchev–Trinajstić information content (AvgIpc) is 3.10. The van der Waals surface area contributed by atoms with E-state index in [1.165, 1.54) is 18.2 Å². The number of carbonyl (C=O) groups is 3. The van der Waals surface area contributed by atoms with Crippen molar-refractivity contribution in [3.05, 3.63) is 107 Å². The largest absolute Gasteiger partial charge is 0.448 e. The zero-order valence-electron chi connectivity index (χ0n) is 29.1. The van der Waals surface area contributed by atoms with Gasteiger partial charge in [0.15, 0.2) is 6.10 Å². The van der Waals surface area contributed by atoms with E-state index in [0.29, 0.717) is 38.4 Å². The van der Waals surface area contributed by atoms with Gasteiger partial charge >= 0.3 is 5.97 Å². The van der Waals surface area contributed by atoms with Gasteiger partial charge in [0.2, 0.25) is 0 Å². The summed E-state index contributed by atoms with van der Waals surface area (Å²) in [4.78, 5) is 42.0. The van der Waals surface area contributed by atoms with E-state index in [4.69, 9.17) is 18.9 Å². The van der Waals surface area contributed by atoms with Crippen LogP contribution in [0.2, 0.25) is 0 Å². The summed E-state index contributed by atoms with van der Waals surface area (Å²) >= 11 is 0. The highest BCUT2D eigenvalue weighted by Gasteiger charge is 2.28. The lowest BCUT2D eigenvalue weighted by atomic mass is 9.99. The summed E-state index contributed by atoms with van der Waals surface area (Å²) in [5, 5.41) is 5.95. The molecule has 0 bridgehead atoms. The van der Waals surface area contributed by atoms with Crippen molar-refractivity contribution in [3.63, 3.8) is 0 Å². The predicted molar refractivity (Wildman–Crippen MR) is 186 cm³/mol. The molecule has 0 aliphatic carbocycles. The van der Waals surface area contributed by atoms with Crippen LogP contribution in [0.25, 0.3) is 0 Å². The molecule has 0 spiro atoms. The Balaban J connectivity index is 1.80. The number of amides is 2. The third-order valence-corrected chi connectivity index (χ3v) is 7.61. The SMILES string of the molecule is CCCN(CCC)C(=O)c1cccc(C(=O)NC(Cc2cc(F)cc(F)c2)CC(OCCOCCOC)C(=O)OCNCc2ccccc2)c1. The summed E-state index contributed by atoms with van der Waals surface area (Å²) in [7, 11) is 1.55. The molecule has 10 nitrogen and oxygen atoms in total. The second-order valence-electron chi connectivity index (χ2n) is 11.7. The lowest BCUT2D eigenvalue weighted by Crippen LogP contribution is -2.42. The Hall–Kier alpha value is -4.23. The summed E-state index contributed by atoms with van der Waals surface area (Å²) in [5.41, 5.74) is 1.86. The van der Waals surface area contributed by atoms with Gasteiger partial charge in [-0.2, -0.15) is 0 Å². The zero-order valence-corrected chi connectivity index (χ0v) is 29.1. The molecule has 0 aliphatic rings. The van der Waals surface area contributed by atoms with Gasteiger partial charge in [0, 0.05) is 56.4 Å². The predicted octanol–water partition coefficient (Wildman–Crippen LogP) is 5.30. The van der Waals surface area contributed by atoms with Gasteiger partial charge in [0.05, 0.1) is 26.4 Å². The van der Waals surface area contributed by atoms with Crippen molar-refractivity contribution >= 4 is 17.8 Å². The van der Waals surface area contributed by atoms with Crippen molar-refractivity contribution in [1.82, 2.24) is 15.5 Å². The molecule has 3 aromatic rings. The van der Waals surface area contributed by atoms with E-state index in [9.17, 15) is 23.2 Å². The maximum atomic E-state index is 14.2. The topological polar surface area (TPSA) is 115 Å². The standard InChI is InChI=1S/C38H49F2N3O7/c1-4-14-43(15-5-2)37(45)31-13-9-12-30(23-31)36(44)42-34(22-29-20-32(39)24-33(40)21-29)25-35(49-19-18-48-17-16-47-3)38(46)50-27-41-26-28-10-7-6-8-11-28/h6-13,20-21,23-24,34-35,41H,4-5,14-19,22,25-27H2,1-3H3,(H,42,44). The number of hydrogen-bond acceptors (Lipinski definition) is 8. The fraction of sp³-hybridized carbons (Fsp3) is 0.447. The van der Waals surface area contributed by atoms with Crippen LogP contribution in [0.3, 0.4) is 0 Å². The molecule has 0 aromatic heterocycles. The molecule has 0 saturated heterocycles. The monoisotopic (exact) mass is 697 g/mol. The van der Waals surface area contributed by atoms with Gasteiger partial charge < -0.3 is 29.2 Å². The van der Waals surface area contributed by atoms with Crippen molar-refractivity contribution < 1.29 is 42.1 Å². The average molecular weight is 698 g/mol. The van der Waals surface area contributed by atoms with E-state index < -0.39 is 35.7 Å². The fourth-order valence-electron chi connectivity index (χ4n) is 5.30. The van der Waals surface area contributed by atoms with Gasteiger partial charge in [-0.25, -0.2) is 13.6 Å². The minimum absolute atomic E-state index is 0.0243. The van der Waals surface area contributed by atoms with Crippen LogP contribution >= 0.6 is 0 Å². The first kappa shape index (κ1) is 40.2. The molecule has 12 heteroatoms. The van der Waals surface area contributed by atoms with Crippen LogP contribution in [0.1, 0.15) is 65.0 Å². The summed E-state index contributed by atoms with van der Waals surface area (Å²) in [5.74, 6) is -2.94. The van der Waals surface area contributed by atoms with Crippen LogP contribution in [0.5, 0.6) is 0 Å². The first-order valence-electron chi connectivity index (χ1n) is 17.0. The number of esters is 1. The maximum absolute atomic E-state index is 14.2. The van der Waals surface area contributed by atoms with Gasteiger partial charge in [0.25, 0.3) is 11.8 Å². The van der Waals surface area contributed by atoms with Crippen molar-refractivity contribution in [1.29, 1.82) is 0 Å². The molecule has 272 valence electrons. The lowest BCUT2D eigenvalue weighted by molar-refractivity contribution is -0.160. The highest BCUT2D eigenvalue weighted by molar-refractivity contribution is 5.99. The van der Waals surface area contributed by atoms with E-state index in [1.807, 2.05) is 44.2 Å². The Morgan fingerprint density at radius 2 is 1.48 bits per heavy atom. The molecule has 2 amide bonds. The number of carbonyl (C=O) groups excluding carboxylic acids is 3. The van der Waals surface area contributed by atoms with Gasteiger partial charge in [-0.1, -0.05) is 50.2 Å². The molecule has 0 saturated carbocycles. The van der Waals surface area contributed by atoms with Crippen LogP contribution in [0.15, 0.2) is 72.8 Å². The molecule has 2 unspecified atom stereocenters. The Kier molecular flexibility index (Phi) is 18.1. The molecule has 2 atom stereocenters. The summed E-state index contributed by atoms with van der Waals surface area (Å²) in [6, 6.07) is 18.2. The smallest absolute Gasteiger partial charge is 0.336 e. The lowest BCUT2D eigenvalue weighted by Gasteiger charge is -2.25. The maximum Gasteiger partial charge on any atom is 0.336 e. The number of nitrogens with zero attached hydrogens (tertiary/aromatic N) is 1. The summed E-state index contributed by atoms with van der Waals surface area (Å²) in [6.45, 7) is 6.45. The Morgan fingerprint density at radius 1 is 0.800 bits per heavy atom. The van der Waals surface area contributed by atoms with Gasteiger partial charge in [-0.15, -0.1) is 0 Å². The second-order valence-corrected chi connectivity index (χ2v) is 11.7. The van der Waals surface area contributed by atoms with Crippen LogP contribution in [-0.2, 0) is 36.7 Å². The van der Waals surface area contributed by atoms with Gasteiger partial charge in [-0.05, 0) is 60.7 Å². The van der Waals surface area contributed by atoms with E-state index in [0.717, 1.165) is 24.5 Å². The number of halogens is 2. The van der Waals surface area contributed by atoms with Crippen molar-refractivity contribution in [2.45, 2.75) is 58.2 Å². The zero-order chi connectivity index (χ0) is 36.1. The van der Waals surface area contributed by atoms with E-state index in [2.05, 4.69) is 10.6 Å². The van der Waals surface area contributed by atoms with Gasteiger partial charge in [-0.3, -0.25) is 14.9 Å². The number of hydrogen-bond donors (Lipinski definition) is 2. The number of nitrogens with one attached hydrogen (secondary N) is 2. The molecule has 0 fully saturated rings. The first-order chi connectivity index (χ1) is 24.2. The molecule has 3 aromatic carbocycles. The van der Waals surface area contributed by atoms with Crippen molar-refractivity contribution in [2.24, 2.45) is 0 Å². The highest BCUT2D eigenvalue weighted by Crippen LogP contribution is 2.17. The molecule has 0 heterocycles. The third kappa shape index (κ3) is 14.3. The third-order valence-electron chi connectivity index (χ3n) is 7.61. The number of methoxy groups -OCH3 is 1. The van der Waals surface area contributed by atoms with Gasteiger partial charge in [0.1, 0.15) is 18.4 Å². The van der Waals surface area contributed by atoms with E-state index in [1.54, 1.807) is 30.2 Å². The molecular formula is C38H49F2N3O7. The minimum Gasteiger partial charge on any atom is -0.448 e. The molecule has 3 rings (SSSR count). The van der Waals surface area contributed by atoms with Crippen LogP contribution in [0.4, 0.5) is 8.78 Å². The number of benzene rings is 3. The Bertz CT molecular complexity index is 1450. The normalized spacial score (nSPS) is 12.3. The highest BCUT2D eigenvalue weighted by atomic mass is 19.1. The molecule has 2 N–H and O–H groups in total. The van der Waals surface area contributed by atoms with Crippen LogP contribution < -0.4 is 10.6 Å². The number of rotatable bonds is 23. The first-order valence-corrected chi connectivity index (χ1v) is 17.0. The van der Waals surface area contributed by atoms with Crippen LogP contribution in [0, 0.1) is 11.6 Å². The number of ether oxygens (including phenoxy) is 4. The summed E-state index contributed by atoms with van der Waals surface area (Å²) in [6.07, 6.45) is 0.320. The summed E-state index contributed by atoms with van der Waals surface area (Å²) < 4.78 is 50.2. The van der Waals surface area contributed by atoms with E-state index >= 15 is 0 Å². The Morgan fingerprint density at radius 3 is 2.16 bits per heavy atom. The Labute approximate surface area is 293 Å². The van der Waals surface area contributed by atoms with Crippen LogP contribution in [-0.4, -0.2) is 88.2 Å². The van der Waals surface area contributed by atoms with Crippen molar-refractivity contribution in [3.8, 4) is 0 Å². The molecular weight excluding hydrogens is 648 g/mol. The second kappa shape index (κ2) is 22.5. The molecule has 50 heavy (non-hydrogen) atoms. The quantitative estimate of drug-likeness (QED) is 0.0780. The van der Waals surface area contributed by atoms with E-state index in [-0.39, 0.29) is 49.8 Å². The van der Waals surface area contributed by atoms with Crippen molar-refractivity contribution in [2.75, 3.05) is 53.4 Å². The minimum atomic E-state index is -1.16. The fourth-order valence-corrected chi connectivity index (χ4v) is 5.30.